The Morgan fingerprint density at radius 2 is 1.96 bits per heavy atom. The molecule has 0 saturated heterocycles. The quantitative estimate of drug-likeness (QED) is 0.340. The van der Waals surface area contributed by atoms with Crippen LogP contribution in [0.5, 0.6) is 0 Å². The Hall–Kier alpha value is -1.32. The Bertz CT molecular complexity index is 789. The van der Waals surface area contributed by atoms with Crippen molar-refractivity contribution in [2.75, 3.05) is 11.9 Å². The molecule has 0 amide bonds. The van der Waals surface area contributed by atoms with E-state index in [0.717, 1.165) is 18.7 Å². The van der Waals surface area contributed by atoms with E-state index in [1.807, 2.05) is 13.8 Å². The summed E-state index contributed by atoms with van der Waals surface area (Å²) in [5, 5.41) is 2.81. The number of alkyl halides is 3. The van der Waals surface area contributed by atoms with Crippen LogP contribution in [0.3, 0.4) is 0 Å². The first-order chi connectivity index (χ1) is 12.4. The highest BCUT2D eigenvalue weighted by atomic mass is 35.5. The zero-order valence-electron chi connectivity index (χ0n) is 16.2. The van der Waals surface area contributed by atoms with Gasteiger partial charge in [-0.2, -0.15) is 18.2 Å². The van der Waals surface area contributed by atoms with Crippen LogP contribution in [-0.4, -0.2) is 35.3 Å². The molecule has 5 nitrogen and oxygen atoms in total. The molecule has 0 radical (unpaired) electrons. The predicted molar refractivity (Wildman–Crippen MR) is 105 cm³/mol. The third kappa shape index (κ3) is 5.82. The Balaban J connectivity index is 2.43. The summed E-state index contributed by atoms with van der Waals surface area (Å²) in [4.78, 5) is 8.04. The summed E-state index contributed by atoms with van der Waals surface area (Å²) in [6.45, 7) is 10.9. The normalized spacial score (nSPS) is 14.0. The number of halogens is 4. The lowest BCUT2D eigenvalue weighted by Gasteiger charge is -2.16. The first-order valence-electron chi connectivity index (χ1n) is 8.90. The third-order valence-corrected chi connectivity index (χ3v) is 6.09. The number of fused-ring (bicyclic) bond motifs is 1. The van der Waals surface area contributed by atoms with Crippen molar-refractivity contribution in [3.05, 3.63) is 17.0 Å². The first-order valence-corrected chi connectivity index (χ1v) is 13.0. The molecule has 2 aromatic rings. The van der Waals surface area contributed by atoms with E-state index in [-0.39, 0.29) is 34.9 Å². The van der Waals surface area contributed by atoms with Gasteiger partial charge in [0, 0.05) is 26.9 Å². The number of hydrogen-bond donors (Lipinski definition) is 1. The maximum atomic E-state index is 13.6. The van der Waals surface area contributed by atoms with Crippen molar-refractivity contribution in [1.29, 1.82) is 0 Å². The molecule has 0 bridgehead atoms. The summed E-state index contributed by atoms with van der Waals surface area (Å²) in [6, 6.07) is 0.867. The molecule has 1 unspecified atom stereocenters. The minimum absolute atomic E-state index is 0.0207. The largest absolute Gasteiger partial charge is 0.418 e. The molecular weight excluding hydrogens is 397 g/mol. The van der Waals surface area contributed by atoms with Crippen LogP contribution in [0, 0.1) is 0 Å². The van der Waals surface area contributed by atoms with Crippen molar-refractivity contribution in [2.45, 2.75) is 64.9 Å². The maximum Gasteiger partial charge on any atom is 0.418 e. The Labute approximate surface area is 163 Å². The second-order valence-corrected chi connectivity index (χ2v) is 13.8. The average Bonchev–Trinajstić information content (AvgIpc) is 2.89. The zero-order chi connectivity index (χ0) is 20.4. The number of nitrogens with one attached hydrogen (secondary N) is 1. The summed E-state index contributed by atoms with van der Waals surface area (Å²) in [7, 11) is -1.29. The lowest BCUT2D eigenvalue weighted by atomic mass is 10.2. The van der Waals surface area contributed by atoms with Gasteiger partial charge >= 0.3 is 6.18 Å². The molecule has 0 aliphatic carbocycles. The van der Waals surface area contributed by atoms with Crippen LogP contribution in [0.1, 0.15) is 25.8 Å². The van der Waals surface area contributed by atoms with E-state index in [2.05, 4.69) is 34.9 Å². The zero-order valence-corrected chi connectivity index (χ0v) is 18.0. The summed E-state index contributed by atoms with van der Waals surface area (Å²) in [5.74, 6) is 0.0903. The van der Waals surface area contributed by atoms with Crippen molar-refractivity contribution < 1.29 is 17.9 Å². The number of nitrogens with zero attached hydrogens (tertiary/aromatic N) is 3. The van der Waals surface area contributed by atoms with Crippen LogP contribution in [0.2, 0.25) is 31.0 Å². The van der Waals surface area contributed by atoms with Crippen molar-refractivity contribution in [1.82, 2.24) is 14.5 Å². The van der Waals surface area contributed by atoms with Crippen LogP contribution >= 0.6 is 11.6 Å². The SMILES string of the molecule is CCC(C)Nc1nc(Cl)nc2c1c(C(F)(F)F)cn2COCC[Si](C)(C)C. The number of hydrogen-bond acceptors (Lipinski definition) is 4. The van der Waals surface area contributed by atoms with E-state index in [9.17, 15) is 13.2 Å². The van der Waals surface area contributed by atoms with Gasteiger partial charge < -0.3 is 14.6 Å². The lowest BCUT2D eigenvalue weighted by Crippen LogP contribution is -2.22. The number of anilines is 1. The van der Waals surface area contributed by atoms with Gasteiger partial charge in [-0.05, 0) is 31.0 Å². The van der Waals surface area contributed by atoms with E-state index in [0.29, 0.717) is 6.61 Å². The van der Waals surface area contributed by atoms with Crippen LogP contribution in [-0.2, 0) is 17.6 Å². The third-order valence-electron chi connectivity index (χ3n) is 4.22. The standard InChI is InChI=1S/C17H26ClF3N4OSi/c1-6-11(2)22-14-13-12(17(19,20)21)9-25(15(13)24-16(18)23-14)10-26-7-8-27(3,4)5/h9,11H,6-8,10H2,1-5H3,(H,22,23,24). The molecule has 27 heavy (non-hydrogen) atoms. The molecule has 152 valence electrons. The first kappa shape index (κ1) is 22.0. The molecule has 2 aromatic heterocycles. The fraction of sp³-hybridized carbons (Fsp3) is 0.647. The molecule has 10 heteroatoms. The number of rotatable bonds is 8. The van der Waals surface area contributed by atoms with E-state index in [1.54, 1.807) is 0 Å². The molecule has 0 spiro atoms. The Morgan fingerprint density at radius 3 is 2.52 bits per heavy atom. The fourth-order valence-corrected chi connectivity index (χ4v) is 3.38. The smallest absolute Gasteiger partial charge is 0.367 e. The molecule has 0 saturated carbocycles. The second kappa shape index (κ2) is 8.36. The highest BCUT2D eigenvalue weighted by Gasteiger charge is 2.37. The predicted octanol–water partition coefficient (Wildman–Crippen LogP) is 5.63. The van der Waals surface area contributed by atoms with Gasteiger partial charge in [0.25, 0.3) is 0 Å². The minimum atomic E-state index is -4.54. The van der Waals surface area contributed by atoms with Gasteiger partial charge in [-0.3, -0.25) is 0 Å². The molecule has 1 atom stereocenters. The minimum Gasteiger partial charge on any atom is -0.367 e. The van der Waals surface area contributed by atoms with Crippen LogP contribution in [0.15, 0.2) is 6.20 Å². The fourth-order valence-electron chi connectivity index (χ4n) is 2.45. The van der Waals surface area contributed by atoms with Crippen LogP contribution in [0.4, 0.5) is 19.0 Å². The van der Waals surface area contributed by atoms with Crippen LogP contribution < -0.4 is 5.32 Å². The van der Waals surface area contributed by atoms with Crippen LogP contribution in [0.25, 0.3) is 11.0 Å². The van der Waals surface area contributed by atoms with Crippen molar-refractivity contribution >= 4 is 36.5 Å². The number of ether oxygens (including phenoxy) is 1. The van der Waals surface area contributed by atoms with E-state index in [1.165, 1.54) is 4.57 Å². The Morgan fingerprint density at radius 1 is 1.30 bits per heavy atom. The van der Waals surface area contributed by atoms with E-state index < -0.39 is 19.8 Å². The van der Waals surface area contributed by atoms with Crippen molar-refractivity contribution in [2.24, 2.45) is 0 Å². The van der Waals surface area contributed by atoms with Gasteiger partial charge in [-0.25, -0.2) is 4.98 Å². The van der Waals surface area contributed by atoms with Gasteiger partial charge in [-0.15, -0.1) is 0 Å². The van der Waals surface area contributed by atoms with E-state index >= 15 is 0 Å². The monoisotopic (exact) mass is 422 g/mol. The maximum absolute atomic E-state index is 13.6. The lowest BCUT2D eigenvalue weighted by molar-refractivity contribution is -0.136. The average molecular weight is 423 g/mol. The van der Waals surface area contributed by atoms with Gasteiger partial charge in [-0.1, -0.05) is 26.6 Å². The summed E-state index contributed by atoms with van der Waals surface area (Å²) >= 11 is 5.98. The molecular formula is C17H26ClF3N4OSi. The second-order valence-electron chi connectivity index (χ2n) is 7.85. The summed E-state index contributed by atoms with van der Waals surface area (Å²) in [6.07, 6.45) is -2.79. The molecule has 0 aromatic carbocycles. The van der Waals surface area contributed by atoms with E-state index in [4.69, 9.17) is 16.3 Å². The molecule has 0 aliphatic rings. The molecule has 2 rings (SSSR count). The van der Waals surface area contributed by atoms with Gasteiger partial charge in [0.2, 0.25) is 5.28 Å². The topological polar surface area (TPSA) is 52.0 Å². The summed E-state index contributed by atoms with van der Waals surface area (Å²) < 4.78 is 47.8. The number of aromatic nitrogens is 3. The molecule has 1 N–H and O–H groups in total. The van der Waals surface area contributed by atoms with Gasteiger partial charge in [0.15, 0.2) is 0 Å². The Kier molecular flexibility index (Phi) is 6.80. The molecule has 2 heterocycles. The van der Waals surface area contributed by atoms with Crippen molar-refractivity contribution in [3.63, 3.8) is 0 Å². The molecule has 0 fully saturated rings. The highest BCUT2D eigenvalue weighted by molar-refractivity contribution is 6.76. The highest BCUT2D eigenvalue weighted by Crippen LogP contribution is 2.39. The van der Waals surface area contributed by atoms with Crippen molar-refractivity contribution in [3.8, 4) is 0 Å². The summed E-state index contributed by atoms with van der Waals surface area (Å²) in [5.41, 5.74) is -0.685. The van der Waals surface area contributed by atoms with Gasteiger partial charge in [0.05, 0.1) is 10.9 Å². The van der Waals surface area contributed by atoms with Gasteiger partial charge in [0.1, 0.15) is 18.2 Å². The molecule has 0 aliphatic heterocycles.